The molecule has 1 rings (SSSR count). The van der Waals surface area contributed by atoms with Gasteiger partial charge in [-0.15, -0.1) is 0 Å². The van der Waals surface area contributed by atoms with Crippen molar-refractivity contribution in [3.05, 3.63) is 12.3 Å². The Hall–Kier alpha value is -0.990. The van der Waals surface area contributed by atoms with Crippen LogP contribution in [-0.2, 0) is 0 Å². The van der Waals surface area contributed by atoms with Crippen molar-refractivity contribution in [1.82, 2.24) is 10.6 Å². The molecule has 0 aromatic carbocycles. The molecular weight excluding hydrogens is 104 g/mol. The van der Waals surface area contributed by atoms with Gasteiger partial charge in [0.1, 0.15) is 0 Å². The normalized spacial score (nSPS) is 26.6. The maximum absolute atomic E-state index is 10.3. The molecule has 1 unspecified atom stereocenters. The first-order valence-electron chi connectivity index (χ1n) is 2.41. The van der Waals surface area contributed by atoms with Gasteiger partial charge >= 0.3 is 6.03 Å². The zero-order valence-corrected chi connectivity index (χ0v) is 4.53. The summed E-state index contributed by atoms with van der Waals surface area (Å²) in [5, 5.41) is 6.98. The third-order valence-corrected chi connectivity index (χ3v) is 0.864. The Morgan fingerprint density at radius 2 is 2.50 bits per heavy atom. The van der Waals surface area contributed by atoms with Crippen molar-refractivity contribution >= 4 is 6.03 Å². The fourth-order valence-corrected chi connectivity index (χ4v) is 0.482. The van der Waals surface area contributed by atoms with Crippen LogP contribution >= 0.6 is 0 Å². The van der Waals surface area contributed by atoms with Gasteiger partial charge in [0, 0.05) is 6.20 Å². The lowest BCUT2D eigenvalue weighted by Gasteiger charge is -2.07. The highest BCUT2D eigenvalue weighted by Crippen LogP contribution is 1.91. The zero-order valence-electron chi connectivity index (χ0n) is 4.53. The van der Waals surface area contributed by atoms with Crippen molar-refractivity contribution in [2.24, 2.45) is 0 Å². The van der Waals surface area contributed by atoms with E-state index in [4.69, 9.17) is 0 Å². The molecule has 0 saturated carbocycles. The third kappa shape index (κ3) is 0.992. The van der Waals surface area contributed by atoms with Gasteiger partial charge in [0.15, 0.2) is 0 Å². The summed E-state index contributed by atoms with van der Waals surface area (Å²) >= 11 is 0. The third-order valence-electron chi connectivity index (χ3n) is 0.864. The van der Waals surface area contributed by atoms with Crippen LogP contribution in [0.3, 0.4) is 0 Å². The molecule has 0 aliphatic carbocycles. The Balaban J connectivity index is 2.54. The summed E-state index contributed by atoms with van der Waals surface area (Å²) < 4.78 is 0. The topological polar surface area (TPSA) is 45.3 Å². The van der Waals surface area contributed by atoms with E-state index < -0.39 is 0 Å². The lowest BCUT2D eigenvalue weighted by atomic mass is 10.3. The molecule has 8 heavy (non-hydrogen) atoms. The second kappa shape index (κ2) is 1.86. The van der Waals surface area contributed by atoms with Crippen molar-refractivity contribution in [2.75, 3.05) is 0 Å². The monoisotopic (exact) mass is 110 g/mol. The predicted octanol–water partition coefficient (Wildman–Crippen LogP) is 0.231. The van der Waals surface area contributed by atoms with E-state index in [1.54, 1.807) is 6.08 Å². The highest BCUT2D eigenvalue weighted by atomic mass is 16.2. The number of carbonyl (C=O) groups is 1. The van der Waals surface area contributed by atoms with E-state index in [9.17, 15) is 4.79 Å². The number of rotatable bonds is 0. The van der Waals surface area contributed by atoms with Crippen LogP contribution in [0.5, 0.6) is 0 Å². The van der Waals surface area contributed by atoms with E-state index in [0.29, 0.717) is 0 Å². The Labute approximate surface area is 47.8 Å². The lowest BCUT2D eigenvalue weighted by molar-refractivity contribution is 0.239. The van der Waals surface area contributed by atoms with Crippen LogP contribution in [0.25, 0.3) is 0 Å². The first-order chi connectivity index (χ1) is 3.79. The van der Waals surface area contributed by atoms with Crippen LogP contribution in [0.4, 0.5) is 4.79 Å². The van der Waals surface area contributed by atoms with Crippen LogP contribution in [0, 0.1) is 0 Å². The van der Waals surface area contributed by atoms with E-state index in [-0.39, 0.29) is 12.1 Å². The largest absolute Gasteiger partial charge is 0.362 e. The van der Waals surface area contributed by atoms with Crippen LogP contribution < -0.4 is 10.6 Å². The highest BCUT2D eigenvalue weighted by Gasteiger charge is 2.09. The Bertz CT molecular complexity index is 130. The van der Waals surface area contributed by atoms with Gasteiger partial charge in [0.05, 0.1) is 6.04 Å². The van der Waals surface area contributed by atoms with Gasteiger partial charge in [-0.1, -0.05) is 0 Å². The summed E-state index contributed by atoms with van der Waals surface area (Å²) in [7, 11) is 0. The van der Waals surface area contributed by atoms with Crippen LogP contribution in [0.15, 0.2) is 12.3 Å². The molecule has 42 valence electrons. The molecule has 2 radical (unpaired) electrons. The quantitative estimate of drug-likeness (QED) is 0.440. The number of urea groups is 1. The van der Waals surface area contributed by atoms with Gasteiger partial charge in [-0.25, -0.2) is 15.4 Å². The fourth-order valence-electron chi connectivity index (χ4n) is 0.482. The minimum atomic E-state index is -0.375. The molecule has 3 heteroatoms. The van der Waals surface area contributed by atoms with Gasteiger partial charge in [0.2, 0.25) is 0 Å². The van der Waals surface area contributed by atoms with Crippen molar-refractivity contribution in [2.45, 2.75) is 13.0 Å². The van der Waals surface area contributed by atoms with Crippen molar-refractivity contribution in [3.63, 3.8) is 0 Å². The number of nitrogens with zero attached hydrogens (tertiary/aromatic N) is 2. The minimum absolute atomic E-state index is 0.0139. The predicted molar refractivity (Wildman–Crippen MR) is 28.3 cm³/mol. The Kier molecular flexibility index (Phi) is 1.20. The summed E-state index contributed by atoms with van der Waals surface area (Å²) in [5.74, 6) is 0. The van der Waals surface area contributed by atoms with E-state index >= 15 is 0 Å². The van der Waals surface area contributed by atoms with Crippen molar-refractivity contribution < 1.29 is 4.79 Å². The van der Waals surface area contributed by atoms with E-state index in [1.807, 2.05) is 6.92 Å². The zero-order chi connectivity index (χ0) is 5.98. The van der Waals surface area contributed by atoms with Gasteiger partial charge < -0.3 is 0 Å². The Morgan fingerprint density at radius 3 is 2.88 bits per heavy atom. The lowest BCUT2D eigenvalue weighted by Crippen LogP contribution is -2.31. The SMILES string of the molecule is CC1C=C[N]C(=O)[N]1. The number of hydrogen-bond acceptors (Lipinski definition) is 1. The van der Waals surface area contributed by atoms with Gasteiger partial charge in [0.25, 0.3) is 0 Å². The average Bonchev–Trinajstić information content (AvgIpc) is 1.64. The second-order valence-corrected chi connectivity index (χ2v) is 1.62. The van der Waals surface area contributed by atoms with E-state index in [1.165, 1.54) is 6.20 Å². The average molecular weight is 110 g/mol. The molecule has 0 N–H and O–H groups in total. The molecule has 3 nitrogen and oxygen atoms in total. The van der Waals surface area contributed by atoms with Gasteiger partial charge in [-0.05, 0) is 13.0 Å². The summed E-state index contributed by atoms with van der Waals surface area (Å²) in [6.45, 7) is 1.84. The van der Waals surface area contributed by atoms with Crippen LogP contribution in [0.1, 0.15) is 6.92 Å². The summed E-state index contributed by atoms with van der Waals surface area (Å²) in [6.07, 6.45) is 3.25. The minimum Gasteiger partial charge on any atom is -0.244 e. The number of carbonyl (C=O) groups excluding carboxylic acids is 1. The number of amides is 2. The maximum Gasteiger partial charge on any atom is 0.362 e. The summed E-state index contributed by atoms with van der Waals surface area (Å²) in [4.78, 5) is 10.3. The molecule has 1 heterocycles. The molecule has 0 spiro atoms. The van der Waals surface area contributed by atoms with E-state index in [0.717, 1.165) is 0 Å². The molecule has 1 atom stereocenters. The molecule has 1 aliphatic heterocycles. The van der Waals surface area contributed by atoms with Gasteiger partial charge in [-0.2, -0.15) is 0 Å². The van der Waals surface area contributed by atoms with E-state index in [2.05, 4.69) is 10.6 Å². The highest BCUT2D eigenvalue weighted by molar-refractivity contribution is 5.75. The standard InChI is InChI=1S/C5H6N2O/c1-4-2-3-6-5(8)7-4/h2-4H,1H3. The summed E-state index contributed by atoms with van der Waals surface area (Å²) in [6, 6.07) is -0.361. The smallest absolute Gasteiger partial charge is 0.244 e. The van der Waals surface area contributed by atoms with Crippen LogP contribution in [0.2, 0.25) is 0 Å². The molecule has 0 aromatic rings. The van der Waals surface area contributed by atoms with Crippen LogP contribution in [-0.4, -0.2) is 12.1 Å². The first kappa shape index (κ1) is 5.15. The number of hydrogen-bond donors (Lipinski definition) is 0. The second-order valence-electron chi connectivity index (χ2n) is 1.62. The Morgan fingerprint density at radius 1 is 1.75 bits per heavy atom. The molecule has 0 aromatic heterocycles. The maximum atomic E-state index is 10.3. The fraction of sp³-hybridized carbons (Fsp3) is 0.400. The summed E-state index contributed by atoms with van der Waals surface area (Å²) in [5.41, 5.74) is 0. The molecular formula is C5H6N2O. The molecule has 0 fully saturated rings. The molecule has 1 aliphatic rings. The van der Waals surface area contributed by atoms with Crippen molar-refractivity contribution in [1.29, 1.82) is 0 Å². The molecule has 0 saturated heterocycles. The van der Waals surface area contributed by atoms with Gasteiger partial charge in [-0.3, -0.25) is 0 Å². The first-order valence-corrected chi connectivity index (χ1v) is 2.41. The molecule has 2 amide bonds. The molecule has 0 bridgehead atoms. The van der Waals surface area contributed by atoms with Crippen molar-refractivity contribution in [3.8, 4) is 0 Å².